The molecule has 1 aromatic heterocycles. The van der Waals surface area contributed by atoms with Gasteiger partial charge in [-0.2, -0.15) is 0 Å². The number of nitrogens with zero attached hydrogens (tertiary/aromatic N) is 1. The van der Waals surface area contributed by atoms with Gasteiger partial charge in [-0.15, -0.1) is 0 Å². The van der Waals surface area contributed by atoms with Gasteiger partial charge in [0.15, 0.2) is 0 Å². The van der Waals surface area contributed by atoms with E-state index in [0.717, 1.165) is 36.6 Å². The van der Waals surface area contributed by atoms with Crippen molar-refractivity contribution in [3.05, 3.63) is 41.8 Å². The Bertz CT molecular complexity index is 843. The number of rotatable bonds is 3. The van der Waals surface area contributed by atoms with Crippen molar-refractivity contribution >= 4 is 16.9 Å². The third-order valence-corrected chi connectivity index (χ3v) is 6.12. The van der Waals surface area contributed by atoms with Crippen LogP contribution in [0.1, 0.15) is 64.4 Å². The summed E-state index contributed by atoms with van der Waals surface area (Å²) >= 11 is 0. The van der Waals surface area contributed by atoms with Gasteiger partial charge in [-0.25, -0.2) is 4.39 Å². The Morgan fingerprint density at radius 3 is 2.52 bits per heavy atom. The topological polar surface area (TPSA) is 39.2 Å². The predicted molar refractivity (Wildman–Crippen MR) is 104 cm³/mol. The fourth-order valence-electron chi connectivity index (χ4n) is 5.07. The Morgan fingerprint density at radius 1 is 1.15 bits per heavy atom. The number of carbonyl (C=O) groups excluding carboxylic acids is 1. The highest BCUT2D eigenvalue weighted by Crippen LogP contribution is 2.52. The van der Waals surface area contributed by atoms with E-state index < -0.39 is 0 Å². The average molecular weight is 369 g/mol. The maximum Gasteiger partial charge on any atom is 0.306 e. The Balaban J connectivity index is 1.42. The van der Waals surface area contributed by atoms with Crippen LogP contribution in [0.3, 0.4) is 0 Å². The SMILES string of the molecule is CC(C)(C)CC(=O)OC1C[C@@H]2CC(c3ccnc4ccc(F)cc34)C[C@@H]2C1. The van der Waals surface area contributed by atoms with E-state index in [0.29, 0.717) is 24.2 Å². The van der Waals surface area contributed by atoms with Gasteiger partial charge in [0.1, 0.15) is 11.9 Å². The molecular weight excluding hydrogens is 341 g/mol. The van der Waals surface area contributed by atoms with E-state index in [4.69, 9.17) is 4.74 Å². The maximum absolute atomic E-state index is 13.7. The molecule has 4 rings (SSSR count). The predicted octanol–water partition coefficient (Wildman–Crippen LogP) is 5.63. The maximum atomic E-state index is 13.7. The summed E-state index contributed by atoms with van der Waals surface area (Å²) in [6, 6.07) is 6.89. The molecule has 2 fully saturated rings. The zero-order valence-electron chi connectivity index (χ0n) is 16.4. The van der Waals surface area contributed by atoms with Crippen LogP contribution >= 0.6 is 0 Å². The quantitative estimate of drug-likeness (QED) is 0.659. The highest BCUT2D eigenvalue weighted by molar-refractivity contribution is 5.82. The van der Waals surface area contributed by atoms with Crippen molar-refractivity contribution in [2.24, 2.45) is 17.3 Å². The lowest BCUT2D eigenvalue weighted by Crippen LogP contribution is -2.21. The molecule has 0 N–H and O–H groups in total. The summed E-state index contributed by atoms with van der Waals surface area (Å²) in [5.41, 5.74) is 2.05. The average Bonchev–Trinajstić information content (AvgIpc) is 3.10. The Labute approximate surface area is 160 Å². The molecule has 1 aromatic carbocycles. The fourth-order valence-corrected chi connectivity index (χ4v) is 5.07. The lowest BCUT2D eigenvalue weighted by atomic mass is 9.91. The molecule has 2 saturated carbocycles. The van der Waals surface area contributed by atoms with Crippen LogP contribution in [0.4, 0.5) is 4.39 Å². The van der Waals surface area contributed by atoms with Gasteiger partial charge in [-0.3, -0.25) is 9.78 Å². The molecule has 27 heavy (non-hydrogen) atoms. The summed E-state index contributed by atoms with van der Waals surface area (Å²) in [5.74, 6) is 1.36. The number of benzene rings is 1. The van der Waals surface area contributed by atoms with E-state index in [1.54, 1.807) is 12.1 Å². The van der Waals surface area contributed by atoms with Crippen molar-refractivity contribution in [3.8, 4) is 0 Å². The van der Waals surface area contributed by atoms with Crippen LogP contribution in [0.25, 0.3) is 10.9 Å². The highest BCUT2D eigenvalue weighted by atomic mass is 19.1. The van der Waals surface area contributed by atoms with E-state index in [2.05, 4.69) is 25.8 Å². The monoisotopic (exact) mass is 369 g/mol. The van der Waals surface area contributed by atoms with Gasteiger partial charge in [-0.1, -0.05) is 20.8 Å². The first-order chi connectivity index (χ1) is 12.8. The Hall–Kier alpha value is -1.97. The normalized spacial score (nSPS) is 27.7. The first-order valence-electron chi connectivity index (χ1n) is 10.0. The molecule has 4 heteroatoms. The number of carbonyl (C=O) groups is 1. The van der Waals surface area contributed by atoms with Crippen LogP contribution in [-0.4, -0.2) is 17.1 Å². The minimum absolute atomic E-state index is 0.0334. The summed E-state index contributed by atoms with van der Waals surface area (Å²) in [5, 5.41) is 0.940. The number of hydrogen-bond donors (Lipinski definition) is 0. The van der Waals surface area contributed by atoms with Gasteiger partial charge in [-0.05, 0) is 78.7 Å². The van der Waals surface area contributed by atoms with Gasteiger partial charge in [0.05, 0.1) is 11.9 Å². The summed E-state index contributed by atoms with van der Waals surface area (Å²) in [4.78, 5) is 16.5. The van der Waals surface area contributed by atoms with Gasteiger partial charge in [0.25, 0.3) is 0 Å². The molecule has 4 atom stereocenters. The first kappa shape index (κ1) is 18.4. The molecule has 2 aromatic rings. The van der Waals surface area contributed by atoms with Crippen LogP contribution in [-0.2, 0) is 9.53 Å². The number of aromatic nitrogens is 1. The Morgan fingerprint density at radius 2 is 1.85 bits per heavy atom. The van der Waals surface area contributed by atoms with E-state index in [-0.39, 0.29) is 23.3 Å². The van der Waals surface area contributed by atoms with Gasteiger partial charge >= 0.3 is 5.97 Å². The summed E-state index contributed by atoms with van der Waals surface area (Å²) in [7, 11) is 0. The first-order valence-corrected chi connectivity index (χ1v) is 10.0. The second kappa shape index (κ2) is 6.88. The molecular formula is C23H28FNO2. The van der Waals surface area contributed by atoms with E-state index in [9.17, 15) is 9.18 Å². The van der Waals surface area contributed by atoms with Crippen LogP contribution in [0, 0.1) is 23.1 Å². The number of pyridine rings is 1. The second-order valence-electron chi connectivity index (χ2n) is 9.57. The van der Waals surface area contributed by atoms with Crippen LogP contribution in [0.2, 0.25) is 0 Å². The van der Waals surface area contributed by atoms with Crippen molar-refractivity contribution in [2.75, 3.05) is 0 Å². The van der Waals surface area contributed by atoms with Crippen molar-refractivity contribution in [2.45, 2.75) is 64.9 Å². The third kappa shape index (κ3) is 3.99. The number of esters is 1. The van der Waals surface area contributed by atoms with Crippen LogP contribution in [0.5, 0.6) is 0 Å². The highest BCUT2D eigenvalue weighted by Gasteiger charge is 2.43. The number of hydrogen-bond acceptors (Lipinski definition) is 3. The minimum Gasteiger partial charge on any atom is -0.462 e. The summed E-state index contributed by atoms with van der Waals surface area (Å²) < 4.78 is 19.5. The molecule has 2 aliphatic carbocycles. The third-order valence-electron chi connectivity index (χ3n) is 6.12. The standard InChI is InChI=1S/C23H28FNO2/c1-23(2,3)13-22(26)27-18-10-14-8-16(9-15(14)11-18)19-6-7-25-21-5-4-17(24)12-20(19)21/h4-7,12,14-16,18H,8-11,13H2,1-3H3/t14-,15+,16?,18?. The van der Waals surface area contributed by atoms with Crippen molar-refractivity contribution < 1.29 is 13.9 Å². The smallest absolute Gasteiger partial charge is 0.306 e. The fraction of sp³-hybridized carbons (Fsp3) is 0.565. The molecule has 0 spiro atoms. The van der Waals surface area contributed by atoms with Crippen LogP contribution in [0.15, 0.2) is 30.5 Å². The lowest BCUT2D eigenvalue weighted by Gasteiger charge is -2.20. The number of ether oxygens (including phenoxy) is 1. The van der Waals surface area contributed by atoms with Crippen molar-refractivity contribution in [3.63, 3.8) is 0 Å². The van der Waals surface area contributed by atoms with Crippen molar-refractivity contribution in [1.82, 2.24) is 4.98 Å². The number of halogens is 1. The molecule has 2 unspecified atom stereocenters. The minimum atomic E-state index is -0.208. The molecule has 0 amide bonds. The van der Waals surface area contributed by atoms with Crippen molar-refractivity contribution in [1.29, 1.82) is 0 Å². The molecule has 3 nitrogen and oxygen atoms in total. The van der Waals surface area contributed by atoms with E-state index in [1.165, 1.54) is 11.6 Å². The summed E-state index contributed by atoms with van der Waals surface area (Å²) in [6.07, 6.45) is 6.49. The van der Waals surface area contributed by atoms with Gasteiger partial charge < -0.3 is 4.74 Å². The zero-order valence-corrected chi connectivity index (χ0v) is 16.4. The van der Waals surface area contributed by atoms with Gasteiger partial charge in [0, 0.05) is 11.6 Å². The lowest BCUT2D eigenvalue weighted by molar-refractivity contribution is -0.151. The molecule has 0 aliphatic heterocycles. The zero-order chi connectivity index (χ0) is 19.2. The molecule has 2 aliphatic rings. The largest absolute Gasteiger partial charge is 0.462 e. The van der Waals surface area contributed by atoms with E-state index >= 15 is 0 Å². The molecule has 0 bridgehead atoms. The van der Waals surface area contributed by atoms with Gasteiger partial charge in [0.2, 0.25) is 0 Å². The van der Waals surface area contributed by atoms with Crippen LogP contribution < -0.4 is 0 Å². The molecule has 0 radical (unpaired) electrons. The summed E-state index contributed by atoms with van der Waals surface area (Å²) in [6.45, 7) is 6.18. The molecule has 1 heterocycles. The molecule has 0 saturated heterocycles. The van der Waals surface area contributed by atoms with E-state index in [1.807, 2.05) is 12.3 Å². The Kier molecular flexibility index (Phi) is 4.69. The number of fused-ring (bicyclic) bond motifs is 2. The molecule has 144 valence electrons. The second-order valence-corrected chi connectivity index (χ2v) is 9.57.